The van der Waals surface area contributed by atoms with Crippen LogP contribution in [0.2, 0.25) is 0 Å². The Morgan fingerprint density at radius 3 is 0.724 bits per heavy atom. The molecule has 0 aliphatic carbocycles. The van der Waals surface area contributed by atoms with Gasteiger partial charge in [-0.15, -0.1) is 0 Å². The van der Waals surface area contributed by atoms with E-state index in [1.54, 1.807) is 0 Å². The lowest BCUT2D eigenvalue weighted by molar-refractivity contribution is -0.167. The van der Waals surface area contributed by atoms with Crippen LogP contribution in [0.25, 0.3) is 0 Å². The van der Waals surface area contributed by atoms with Crippen molar-refractivity contribution in [3.63, 3.8) is 0 Å². The molecule has 58 heavy (non-hydrogen) atoms. The predicted molar refractivity (Wildman–Crippen MR) is 247 cm³/mol. The van der Waals surface area contributed by atoms with Crippen molar-refractivity contribution in [2.75, 3.05) is 13.2 Å². The molecule has 344 valence electrons. The molecule has 0 saturated heterocycles. The molecule has 0 rings (SSSR count). The number of unbranched alkanes of at least 4 members (excludes halogenated alkanes) is 37. The van der Waals surface area contributed by atoms with E-state index in [9.17, 15) is 14.4 Å². The smallest absolute Gasteiger partial charge is 0.306 e. The Hall–Kier alpha value is -1.59. The summed E-state index contributed by atoms with van der Waals surface area (Å²) < 4.78 is 16.5. The molecular weight excluding hydrogens is 721 g/mol. The summed E-state index contributed by atoms with van der Waals surface area (Å²) in [4.78, 5) is 37.2. The topological polar surface area (TPSA) is 78.9 Å². The van der Waals surface area contributed by atoms with Crippen molar-refractivity contribution < 1.29 is 28.6 Å². The Morgan fingerprint density at radius 2 is 0.483 bits per heavy atom. The summed E-state index contributed by atoms with van der Waals surface area (Å²) in [5, 5.41) is 0. The van der Waals surface area contributed by atoms with Crippen molar-refractivity contribution in [1.82, 2.24) is 0 Å². The summed E-state index contributed by atoms with van der Waals surface area (Å²) in [7, 11) is 0. The number of rotatable bonds is 48. The predicted octanol–water partition coefficient (Wildman–Crippen LogP) is 16.8. The van der Waals surface area contributed by atoms with Crippen LogP contribution in [0.15, 0.2) is 0 Å². The van der Waals surface area contributed by atoms with Crippen LogP contribution in [0.1, 0.15) is 297 Å². The highest BCUT2D eigenvalue weighted by Crippen LogP contribution is 2.17. The Kier molecular flexibility index (Phi) is 46.8. The van der Waals surface area contributed by atoms with Gasteiger partial charge in [-0.05, 0) is 19.3 Å². The zero-order valence-corrected chi connectivity index (χ0v) is 39.3. The lowest BCUT2D eigenvalue weighted by atomic mass is 10.0. The molecule has 0 bridgehead atoms. The monoisotopic (exact) mass is 821 g/mol. The van der Waals surface area contributed by atoms with Crippen LogP contribution in [0, 0.1) is 0 Å². The van der Waals surface area contributed by atoms with Crippen LogP contribution in [-0.2, 0) is 28.6 Å². The van der Waals surface area contributed by atoms with E-state index in [2.05, 4.69) is 13.8 Å². The maximum absolute atomic E-state index is 12.5. The second kappa shape index (κ2) is 48.1. The van der Waals surface area contributed by atoms with Gasteiger partial charge in [-0.1, -0.05) is 258 Å². The van der Waals surface area contributed by atoms with E-state index >= 15 is 0 Å². The van der Waals surface area contributed by atoms with Gasteiger partial charge in [-0.2, -0.15) is 0 Å². The number of carbonyl (C=O) groups is 3. The van der Waals surface area contributed by atoms with Gasteiger partial charge in [-0.3, -0.25) is 14.4 Å². The number of carbonyl (C=O) groups excluding carboxylic acids is 3. The van der Waals surface area contributed by atoms with Gasteiger partial charge in [0.15, 0.2) is 6.10 Å². The minimum Gasteiger partial charge on any atom is -0.462 e. The van der Waals surface area contributed by atoms with E-state index < -0.39 is 6.10 Å². The summed E-state index contributed by atoms with van der Waals surface area (Å²) in [6, 6.07) is 0. The first kappa shape index (κ1) is 56.4. The van der Waals surface area contributed by atoms with Crippen LogP contribution >= 0.6 is 0 Å². The first-order valence-electron chi connectivity index (χ1n) is 26.0. The van der Waals surface area contributed by atoms with Crippen molar-refractivity contribution in [2.24, 2.45) is 0 Å². The van der Waals surface area contributed by atoms with Crippen molar-refractivity contribution in [3.8, 4) is 0 Å². The zero-order valence-electron chi connectivity index (χ0n) is 39.3. The van der Waals surface area contributed by atoms with Gasteiger partial charge in [0.1, 0.15) is 13.2 Å². The zero-order chi connectivity index (χ0) is 42.3. The molecule has 0 fully saturated rings. The van der Waals surface area contributed by atoms with Gasteiger partial charge in [0.05, 0.1) is 0 Å². The molecule has 0 atom stereocenters. The third-order valence-corrected chi connectivity index (χ3v) is 11.9. The molecule has 0 amide bonds. The minimum absolute atomic E-state index is 0.0671. The Bertz CT molecular complexity index is 801. The largest absolute Gasteiger partial charge is 0.462 e. The molecule has 0 heterocycles. The molecule has 0 aliphatic rings. The highest BCUT2D eigenvalue weighted by Gasteiger charge is 2.19. The van der Waals surface area contributed by atoms with Crippen molar-refractivity contribution in [1.29, 1.82) is 0 Å². The maximum atomic E-state index is 12.5. The van der Waals surface area contributed by atoms with E-state index in [-0.39, 0.29) is 31.1 Å². The second-order valence-corrected chi connectivity index (χ2v) is 17.8. The Balaban J connectivity index is 3.84. The van der Waals surface area contributed by atoms with Crippen LogP contribution < -0.4 is 0 Å². The van der Waals surface area contributed by atoms with Crippen LogP contribution in [0.4, 0.5) is 0 Å². The van der Waals surface area contributed by atoms with Gasteiger partial charge in [-0.25, -0.2) is 0 Å². The maximum Gasteiger partial charge on any atom is 0.306 e. The van der Waals surface area contributed by atoms with E-state index in [4.69, 9.17) is 14.2 Å². The summed E-state index contributed by atoms with van der Waals surface area (Å²) in [5.41, 5.74) is 0. The molecule has 0 aromatic carbocycles. The van der Waals surface area contributed by atoms with Gasteiger partial charge >= 0.3 is 17.9 Å². The fourth-order valence-electron chi connectivity index (χ4n) is 7.89. The number of esters is 3. The third-order valence-electron chi connectivity index (χ3n) is 11.9. The standard InChI is InChI=1S/C52H100O6/c1-4-7-10-12-14-16-18-20-22-24-26-28-30-32-34-36-38-40-42-45-50(53)56-47-49(58-52(55)44-9-6-3)48-57-51(54)46-43-41-39-37-35-33-31-29-27-25-23-21-19-17-15-13-11-8-5-2/h49H,4-48H2,1-3H3. The van der Waals surface area contributed by atoms with E-state index in [0.29, 0.717) is 19.3 Å². The van der Waals surface area contributed by atoms with E-state index in [0.717, 1.165) is 51.4 Å². The van der Waals surface area contributed by atoms with Crippen molar-refractivity contribution in [3.05, 3.63) is 0 Å². The summed E-state index contributed by atoms with van der Waals surface area (Å²) in [6.45, 7) is 6.46. The first-order valence-corrected chi connectivity index (χ1v) is 26.0. The van der Waals surface area contributed by atoms with Crippen LogP contribution in [-0.4, -0.2) is 37.2 Å². The average Bonchev–Trinajstić information content (AvgIpc) is 3.22. The lowest BCUT2D eigenvalue weighted by Crippen LogP contribution is -2.30. The number of hydrogen-bond donors (Lipinski definition) is 0. The third kappa shape index (κ3) is 45.5. The minimum atomic E-state index is -0.757. The molecule has 0 aromatic rings. The van der Waals surface area contributed by atoms with E-state index in [1.165, 1.54) is 205 Å². The molecule has 0 aromatic heterocycles. The number of ether oxygens (including phenoxy) is 3. The molecule has 6 heteroatoms. The Labute approximate surface area is 361 Å². The highest BCUT2D eigenvalue weighted by molar-refractivity contribution is 5.71. The van der Waals surface area contributed by atoms with E-state index in [1.807, 2.05) is 6.92 Å². The second-order valence-electron chi connectivity index (χ2n) is 17.8. The summed E-state index contributed by atoms with van der Waals surface area (Å²) in [6.07, 6.45) is 52.0. The van der Waals surface area contributed by atoms with Gasteiger partial charge in [0.2, 0.25) is 0 Å². The molecule has 6 nitrogen and oxygen atoms in total. The molecule has 0 spiro atoms. The Morgan fingerprint density at radius 1 is 0.276 bits per heavy atom. The fourth-order valence-corrected chi connectivity index (χ4v) is 7.89. The first-order chi connectivity index (χ1) is 28.5. The van der Waals surface area contributed by atoms with Gasteiger partial charge in [0, 0.05) is 19.3 Å². The SMILES string of the molecule is CCCCCCCCCCCCCCCCCCCCCC(=O)OCC(COC(=O)CCCCCCCCCCCCCCCCCCCCC)OC(=O)CCCC. The molecule has 0 N–H and O–H groups in total. The molecule has 0 radical (unpaired) electrons. The molecule has 0 unspecified atom stereocenters. The normalized spacial score (nSPS) is 11.4. The highest BCUT2D eigenvalue weighted by atomic mass is 16.6. The average molecular weight is 821 g/mol. The van der Waals surface area contributed by atoms with Crippen LogP contribution in [0.3, 0.4) is 0 Å². The van der Waals surface area contributed by atoms with Gasteiger partial charge < -0.3 is 14.2 Å². The fraction of sp³-hybridized carbons (Fsp3) is 0.942. The quantitative estimate of drug-likeness (QED) is 0.0346. The van der Waals surface area contributed by atoms with Crippen molar-refractivity contribution >= 4 is 17.9 Å². The number of hydrogen-bond acceptors (Lipinski definition) is 6. The summed E-state index contributed by atoms with van der Waals surface area (Å²) in [5.74, 6) is -0.888. The van der Waals surface area contributed by atoms with Crippen LogP contribution in [0.5, 0.6) is 0 Å². The molecule has 0 saturated carbocycles. The molecular formula is C52H100O6. The van der Waals surface area contributed by atoms with Crippen molar-refractivity contribution in [2.45, 2.75) is 303 Å². The van der Waals surface area contributed by atoms with Gasteiger partial charge in [0.25, 0.3) is 0 Å². The lowest BCUT2D eigenvalue weighted by Gasteiger charge is -2.18. The summed E-state index contributed by atoms with van der Waals surface area (Å²) >= 11 is 0. The molecule has 0 aliphatic heterocycles.